The fourth-order valence-corrected chi connectivity index (χ4v) is 2.22. The van der Waals surface area contributed by atoms with E-state index in [0.29, 0.717) is 13.2 Å². The van der Waals surface area contributed by atoms with Gasteiger partial charge < -0.3 is 15.0 Å². The molecule has 19 heavy (non-hydrogen) atoms. The molecule has 1 amide bonds. The van der Waals surface area contributed by atoms with Gasteiger partial charge in [-0.05, 0) is 32.0 Å². The number of carbonyl (C=O) groups excluding carboxylic acids is 1. The van der Waals surface area contributed by atoms with Crippen molar-refractivity contribution in [2.24, 2.45) is 5.92 Å². The first-order valence-electron chi connectivity index (χ1n) is 6.82. The molecular formula is C15H22N2O2. The molecule has 0 aromatic heterocycles. The van der Waals surface area contributed by atoms with Crippen LogP contribution in [0.4, 0.5) is 0 Å². The predicted molar refractivity (Wildman–Crippen MR) is 75.3 cm³/mol. The zero-order valence-corrected chi connectivity index (χ0v) is 11.7. The van der Waals surface area contributed by atoms with Crippen LogP contribution < -0.4 is 10.1 Å². The average Bonchev–Trinajstić information content (AvgIpc) is 2.94. The number of amides is 1. The third kappa shape index (κ3) is 3.96. The number of rotatable bonds is 5. The van der Waals surface area contributed by atoms with Gasteiger partial charge >= 0.3 is 0 Å². The van der Waals surface area contributed by atoms with Gasteiger partial charge in [0.2, 0.25) is 5.91 Å². The van der Waals surface area contributed by atoms with Crippen molar-refractivity contribution in [2.45, 2.75) is 13.3 Å². The number of nitrogens with one attached hydrogen (secondary N) is 1. The molecule has 0 bridgehead atoms. The Labute approximate surface area is 114 Å². The van der Waals surface area contributed by atoms with Gasteiger partial charge in [0.1, 0.15) is 12.4 Å². The third-order valence-electron chi connectivity index (χ3n) is 3.50. The minimum Gasteiger partial charge on any atom is -0.492 e. The number of hydrogen-bond acceptors (Lipinski definition) is 3. The van der Waals surface area contributed by atoms with E-state index in [1.54, 1.807) is 4.90 Å². The van der Waals surface area contributed by atoms with Crippen LogP contribution in [-0.2, 0) is 4.79 Å². The Bertz CT molecular complexity index is 411. The molecule has 0 radical (unpaired) electrons. The smallest absolute Gasteiger partial charge is 0.226 e. The Morgan fingerprint density at radius 3 is 2.79 bits per heavy atom. The summed E-state index contributed by atoms with van der Waals surface area (Å²) in [5, 5.41) is 3.22. The largest absolute Gasteiger partial charge is 0.492 e. The quantitative estimate of drug-likeness (QED) is 0.873. The van der Waals surface area contributed by atoms with E-state index in [4.69, 9.17) is 4.74 Å². The molecule has 1 aromatic rings. The minimum atomic E-state index is 0.143. The SMILES string of the molecule is Cc1ccc(OCCN(C)C(=O)C2CCNC2)cc1. The molecule has 1 heterocycles. The van der Waals surface area contributed by atoms with E-state index in [1.807, 2.05) is 38.2 Å². The topological polar surface area (TPSA) is 41.6 Å². The molecule has 1 aliphatic rings. The molecule has 1 fully saturated rings. The lowest BCUT2D eigenvalue weighted by atomic mass is 10.1. The summed E-state index contributed by atoms with van der Waals surface area (Å²) in [6, 6.07) is 7.96. The fraction of sp³-hybridized carbons (Fsp3) is 0.533. The highest BCUT2D eigenvalue weighted by Crippen LogP contribution is 2.12. The van der Waals surface area contributed by atoms with Gasteiger partial charge in [0.05, 0.1) is 12.5 Å². The molecule has 0 aliphatic carbocycles. The molecular weight excluding hydrogens is 240 g/mol. The minimum absolute atomic E-state index is 0.143. The van der Waals surface area contributed by atoms with Crippen LogP contribution in [0.1, 0.15) is 12.0 Å². The first kappa shape index (κ1) is 13.9. The van der Waals surface area contributed by atoms with Crippen molar-refractivity contribution in [2.75, 3.05) is 33.3 Å². The van der Waals surface area contributed by atoms with Crippen molar-refractivity contribution in [3.63, 3.8) is 0 Å². The van der Waals surface area contributed by atoms with Crippen molar-refractivity contribution in [1.29, 1.82) is 0 Å². The van der Waals surface area contributed by atoms with Gasteiger partial charge in [-0.25, -0.2) is 0 Å². The molecule has 1 atom stereocenters. The van der Waals surface area contributed by atoms with Gasteiger partial charge in [0, 0.05) is 13.6 Å². The maximum Gasteiger partial charge on any atom is 0.226 e. The summed E-state index contributed by atoms with van der Waals surface area (Å²) in [7, 11) is 1.85. The van der Waals surface area contributed by atoms with Gasteiger partial charge in [0.15, 0.2) is 0 Å². The predicted octanol–water partition coefficient (Wildman–Crippen LogP) is 1.44. The van der Waals surface area contributed by atoms with Gasteiger partial charge in [-0.2, -0.15) is 0 Å². The Morgan fingerprint density at radius 1 is 1.42 bits per heavy atom. The monoisotopic (exact) mass is 262 g/mol. The van der Waals surface area contributed by atoms with Crippen molar-refractivity contribution in [3.05, 3.63) is 29.8 Å². The number of aryl methyl sites for hydroxylation is 1. The van der Waals surface area contributed by atoms with Gasteiger partial charge in [-0.1, -0.05) is 17.7 Å². The van der Waals surface area contributed by atoms with E-state index in [9.17, 15) is 4.79 Å². The van der Waals surface area contributed by atoms with Crippen molar-refractivity contribution < 1.29 is 9.53 Å². The van der Waals surface area contributed by atoms with Crippen LogP contribution in [0.3, 0.4) is 0 Å². The van der Waals surface area contributed by atoms with Crippen molar-refractivity contribution in [3.8, 4) is 5.75 Å². The summed E-state index contributed by atoms with van der Waals surface area (Å²) >= 11 is 0. The number of benzene rings is 1. The van der Waals surface area contributed by atoms with E-state index in [-0.39, 0.29) is 11.8 Å². The Kier molecular flexibility index (Phi) is 4.80. The third-order valence-corrected chi connectivity index (χ3v) is 3.50. The summed E-state index contributed by atoms with van der Waals surface area (Å²) < 4.78 is 5.63. The van der Waals surface area contributed by atoms with Crippen LogP contribution in [0, 0.1) is 12.8 Å². The molecule has 4 heteroatoms. The molecule has 0 saturated carbocycles. The summed E-state index contributed by atoms with van der Waals surface area (Å²) in [6.07, 6.45) is 0.946. The maximum atomic E-state index is 12.1. The van der Waals surface area contributed by atoms with Gasteiger partial charge in [-0.15, -0.1) is 0 Å². The first-order chi connectivity index (χ1) is 9.16. The van der Waals surface area contributed by atoms with Gasteiger partial charge in [0.25, 0.3) is 0 Å². The summed E-state index contributed by atoms with van der Waals surface area (Å²) in [6.45, 7) is 4.96. The fourth-order valence-electron chi connectivity index (χ4n) is 2.22. The second-order valence-electron chi connectivity index (χ2n) is 5.11. The molecule has 2 rings (SSSR count). The molecule has 104 valence electrons. The van der Waals surface area contributed by atoms with Crippen LogP contribution >= 0.6 is 0 Å². The normalized spacial score (nSPS) is 18.3. The lowest BCUT2D eigenvalue weighted by molar-refractivity contribution is -0.133. The molecule has 1 aliphatic heterocycles. The van der Waals surface area contributed by atoms with E-state index in [1.165, 1.54) is 5.56 Å². The lowest BCUT2D eigenvalue weighted by Crippen LogP contribution is -2.36. The summed E-state index contributed by atoms with van der Waals surface area (Å²) in [5.74, 6) is 1.22. The van der Waals surface area contributed by atoms with E-state index in [2.05, 4.69) is 5.32 Å². The van der Waals surface area contributed by atoms with Crippen molar-refractivity contribution in [1.82, 2.24) is 10.2 Å². The Morgan fingerprint density at radius 2 is 2.16 bits per heavy atom. The van der Waals surface area contributed by atoms with E-state index in [0.717, 1.165) is 25.3 Å². The number of nitrogens with zero attached hydrogens (tertiary/aromatic N) is 1. The van der Waals surface area contributed by atoms with Gasteiger partial charge in [-0.3, -0.25) is 4.79 Å². The second kappa shape index (κ2) is 6.57. The number of hydrogen-bond donors (Lipinski definition) is 1. The number of ether oxygens (including phenoxy) is 1. The average molecular weight is 262 g/mol. The standard InChI is InChI=1S/C15H22N2O2/c1-12-3-5-14(6-4-12)19-10-9-17(2)15(18)13-7-8-16-11-13/h3-6,13,16H,7-11H2,1-2H3. The maximum absolute atomic E-state index is 12.1. The summed E-state index contributed by atoms with van der Waals surface area (Å²) in [5.41, 5.74) is 1.22. The molecule has 1 aromatic carbocycles. The van der Waals surface area contributed by atoms with Crippen LogP contribution in [0.2, 0.25) is 0 Å². The first-order valence-corrected chi connectivity index (χ1v) is 6.82. The lowest BCUT2D eigenvalue weighted by Gasteiger charge is -2.20. The highest BCUT2D eigenvalue weighted by molar-refractivity contribution is 5.79. The highest BCUT2D eigenvalue weighted by atomic mass is 16.5. The number of likely N-dealkylation sites (N-methyl/N-ethyl adjacent to an activating group) is 1. The zero-order valence-electron chi connectivity index (χ0n) is 11.7. The van der Waals surface area contributed by atoms with Crippen LogP contribution in [0.5, 0.6) is 5.75 Å². The molecule has 0 spiro atoms. The van der Waals surface area contributed by atoms with Crippen molar-refractivity contribution >= 4 is 5.91 Å². The molecule has 4 nitrogen and oxygen atoms in total. The van der Waals surface area contributed by atoms with E-state index < -0.39 is 0 Å². The second-order valence-corrected chi connectivity index (χ2v) is 5.11. The molecule has 1 saturated heterocycles. The summed E-state index contributed by atoms with van der Waals surface area (Å²) in [4.78, 5) is 13.8. The Hall–Kier alpha value is -1.55. The number of carbonyl (C=O) groups is 1. The zero-order chi connectivity index (χ0) is 13.7. The van der Waals surface area contributed by atoms with Crippen LogP contribution in [0.25, 0.3) is 0 Å². The van der Waals surface area contributed by atoms with Crippen LogP contribution in [0.15, 0.2) is 24.3 Å². The Balaban J connectivity index is 1.72. The van der Waals surface area contributed by atoms with Crippen LogP contribution in [-0.4, -0.2) is 44.1 Å². The molecule has 1 N–H and O–H groups in total. The molecule has 1 unspecified atom stereocenters. The highest BCUT2D eigenvalue weighted by Gasteiger charge is 2.24. The van der Waals surface area contributed by atoms with E-state index >= 15 is 0 Å².